The molecular weight excluding hydrogens is 294 g/mol. The van der Waals surface area contributed by atoms with Crippen LogP contribution in [-0.4, -0.2) is 29.9 Å². The fourth-order valence-corrected chi connectivity index (χ4v) is 2.60. The molecule has 1 fully saturated rings. The molecule has 0 unspecified atom stereocenters. The monoisotopic (exact) mass is 311 g/mol. The molecule has 1 aliphatic rings. The van der Waals surface area contributed by atoms with Gasteiger partial charge in [0.05, 0.1) is 11.4 Å². The summed E-state index contributed by atoms with van der Waals surface area (Å²) in [5.41, 5.74) is 7.68. The molecule has 1 heterocycles. The zero-order valence-electron chi connectivity index (χ0n) is 10.4. The van der Waals surface area contributed by atoms with E-state index in [0.717, 1.165) is 41.8 Å². The van der Waals surface area contributed by atoms with Gasteiger partial charge < -0.3 is 16.0 Å². The maximum Gasteiger partial charge on any atom is 0.219 e. The minimum atomic E-state index is 0.164. The van der Waals surface area contributed by atoms with Gasteiger partial charge in [0.15, 0.2) is 0 Å². The Morgan fingerprint density at radius 3 is 2.67 bits per heavy atom. The molecule has 98 valence electrons. The van der Waals surface area contributed by atoms with Gasteiger partial charge in [0.2, 0.25) is 5.91 Å². The molecule has 18 heavy (non-hydrogen) atoms. The van der Waals surface area contributed by atoms with Gasteiger partial charge in [-0.05, 0) is 31.0 Å². The molecule has 1 aliphatic heterocycles. The van der Waals surface area contributed by atoms with E-state index in [1.165, 1.54) is 0 Å². The van der Waals surface area contributed by atoms with Crippen molar-refractivity contribution >= 4 is 33.2 Å². The number of anilines is 2. The standard InChI is InChI=1S/C13H18BrN3O/c1-9(18)17-6-4-11(5-7-17)16-13-3-2-10(14)8-12(13)15/h2-3,8,11,16H,4-7,15H2,1H3. The number of likely N-dealkylation sites (tertiary alicyclic amines) is 1. The van der Waals surface area contributed by atoms with Crippen molar-refractivity contribution < 1.29 is 4.79 Å². The van der Waals surface area contributed by atoms with Crippen molar-refractivity contribution in [1.29, 1.82) is 0 Å². The molecule has 0 spiro atoms. The molecule has 0 radical (unpaired) electrons. The summed E-state index contributed by atoms with van der Waals surface area (Å²) in [6, 6.07) is 6.25. The van der Waals surface area contributed by atoms with E-state index in [1.807, 2.05) is 23.1 Å². The number of nitrogens with zero attached hydrogens (tertiary/aromatic N) is 1. The molecule has 3 N–H and O–H groups in total. The van der Waals surface area contributed by atoms with Crippen LogP contribution in [0.3, 0.4) is 0 Å². The summed E-state index contributed by atoms with van der Waals surface area (Å²) in [6.07, 6.45) is 1.93. The summed E-state index contributed by atoms with van der Waals surface area (Å²) < 4.78 is 0.983. The highest BCUT2D eigenvalue weighted by Crippen LogP contribution is 2.25. The number of amides is 1. The van der Waals surface area contributed by atoms with Gasteiger partial charge in [0, 0.05) is 30.5 Å². The molecule has 0 aromatic heterocycles. The Hall–Kier alpha value is -1.23. The quantitative estimate of drug-likeness (QED) is 0.825. The number of carbonyl (C=O) groups is 1. The Morgan fingerprint density at radius 1 is 1.44 bits per heavy atom. The number of rotatable bonds is 2. The van der Waals surface area contributed by atoms with Gasteiger partial charge in [-0.1, -0.05) is 15.9 Å². The second kappa shape index (κ2) is 5.61. The zero-order valence-corrected chi connectivity index (χ0v) is 12.0. The SMILES string of the molecule is CC(=O)N1CCC(Nc2ccc(Br)cc2N)CC1. The second-order valence-electron chi connectivity index (χ2n) is 4.66. The van der Waals surface area contributed by atoms with E-state index in [4.69, 9.17) is 5.73 Å². The van der Waals surface area contributed by atoms with Gasteiger partial charge in [-0.25, -0.2) is 0 Å². The first kappa shape index (κ1) is 13.2. The van der Waals surface area contributed by atoms with Gasteiger partial charge in [-0.3, -0.25) is 4.79 Å². The smallest absolute Gasteiger partial charge is 0.219 e. The molecule has 2 rings (SSSR count). The molecule has 1 saturated heterocycles. The number of halogens is 1. The number of nitrogens with two attached hydrogens (primary N) is 1. The largest absolute Gasteiger partial charge is 0.397 e. The van der Waals surface area contributed by atoms with Crippen LogP contribution in [0, 0.1) is 0 Å². The van der Waals surface area contributed by atoms with Gasteiger partial charge >= 0.3 is 0 Å². The van der Waals surface area contributed by atoms with Crippen molar-refractivity contribution in [3.63, 3.8) is 0 Å². The normalized spacial score (nSPS) is 16.7. The van der Waals surface area contributed by atoms with Crippen LogP contribution in [0.5, 0.6) is 0 Å². The van der Waals surface area contributed by atoms with Crippen molar-refractivity contribution in [3.8, 4) is 0 Å². The number of benzene rings is 1. The van der Waals surface area contributed by atoms with Gasteiger partial charge in [0.1, 0.15) is 0 Å². The highest BCUT2D eigenvalue weighted by atomic mass is 79.9. The van der Waals surface area contributed by atoms with Crippen LogP contribution in [0.1, 0.15) is 19.8 Å². The van der Waals surface area contributed by atoms with E-state index in [9.17, 15) is 4.79 Å². The van der Waals surface area contributed by atoms with Gasteiger partial charge in [-0.2, -0.15) is 0 Å². The Balaban J connectivity index is 1.93. The summed E-state index contributed by atoms with van der Waals surface area (Å²) in [4.78, 5) is 13.1. The number of carbonyl (C=O) groups excluding carboxylic acids is 1. The maximum absolute atomic E-state index is 11.2. The van der Waals surface area contributed by atoms with Crippen molar-refractivity contribution in [2.75, 3.05) is 24.1 Å². The van der Waals surface area contributed by atoms with E-state index >= 15 is 0 Å². The number of hydrogen-bond acceptors (Lipinski definition) is 3. The highest BCUT2D eigenvalue weighted by Gasteiger charge is 2.20. The Labute approximate surface area is 116 Å². The van der Waals surface area contributed by atoms with E-state index < -0.39 is 0 Å². The molecule has 0 bridgehead atoms. The summed E-state index contributed by atoms with van der Waals surface area (Å²) in [7, 11) is 0. The van der Waals surface area contributed by atoms with E-state index in [1.54, 1.807) is 6.92 Å². The van der Waals surface area contributed by atoms with Crippen LogP contribution in [0.2, 0.25) is 0 Å². The average molecular weight is 312 g/mol. The molecule has 1 aromatic rings. The molecule has 4 nitrogen and oxygen atoms in total. The topological polar surface area (TPSA) is 58.4 Å². The van der Waals surface area contributed by atoms with Gasteiger partial charge in [-0.15, -0.1) is 0 Å². The first-order valence-electron chi connectivity index (χ1n) is 6.13. The number of hydrogen-bond donors (Lipinski definition) is 2. The Morgan fingerprint density at radius 2 is 2.11 bits per heavy atom. The first-order valence-corrected chi connectivity index (χ1v) is 6.92. The lowest BCUT2D eigenvalue weighted by Crippen LogP contribution is -2.41. The zero-order chi connectivity index (χ0) is 13.1. The third kappa shape index (κ3) is 3.16. The van der Waals surface area contributed by atoms with Crippen LogP contribution in [0.15, 0.2) is 22.7 Å². The number of nitrogen functional groups attached to an aromatic ring is 1. The highest BCUT2D eigenvalue weighted by molar-refractivity contribution is 9.10. The molecule has 1 amide bonds. The minimum absolute atomic E-state index is 0.164. The van der Waals surface area contributed by atoms with Crippen molar-refractivity contribution in [1.82, 2.24) is 4.90 Å². The maximum atomic E-state index is 11.2. The summed E-state index contributed by atoms with van der Waals surface area (Å²) in [6.45, 7) is 3.27. The van der Waals surface area contributed by atoms with E-state index in [0.29, 0.717) is 6.04 Å². The van der Waals surface area contributed by atoms with Crippen molar-refractivity contribution in [2.24, 2.45) is 0 Å². The van der Waals surface area contributed by atoms with Crippen molar-refractivity contribution in [3.05, 3.63) is 22.7 Å². The Kier molecular flexibility index (Phi) is 4.11. The molecule has 0 saturated carbocycles. The molecule has 1 aromatic carbocycles. The lowest BCUT2D eigenvalue weighted by molar-refractivity contribution is -0.129. The predicted molar refractivity (Wildman–Crippen MR) is 77.5 cm³/mol. The number of nitrogens with one attached hydrogen (secondary N) is 1. The van der Waals surface area contributed by atoms with Gasteiger partial charge in [0.25, 0.3) is 0 Å². The predicted octanol–water partition coefficient (Wildman–Crippen LogP) is 2.45. The first-order chi connectivity index (χ1) is 8.56. The Bertz CT molecular complexity index is 442. The van der Waals surface area contributed by atoms with Crippen molar-refractivity contribution in [2.45, 2.75) is 25.8 Å². The lowest BCUT2D eigenvalue weighted by Gasteiger charge is -2.32. The van der Waals surface area contributed by atoms with E-state index in [2.05, 4.69) is 21.2 Å². The van der Waals surface area contributed by atoms with Crippen LogP contribution in [0.4, 0.5) is 11.4 Å². The third-order valence-corrected chi connectivity index (χ3v) is 3.81. The molecular formula is C13H18BrN3O. The van der Waals surface area contributed by atoms with Crippen LogP contribution >= 0.6 is 15.9 Å². The molecule has 5 heteroatoms. The summed E-state index contributed by atoms with van der Waals surface area (Å²) >= 11 is 3.39. The molecule has 0 aliphatic carbocycles. The van der Waals surface area contributed by atoms with E-state index in [-0.39, 0.29) is 5.91 Å². The lowest BCUT2D eigenvalue weighted by atomic mass is 10.0. The van der Waals surface area contributed by atoms with Crippen LogP contribution < -0.4 is 11.1 Å². The average Bonchev–Trinajstić information content (AvgIpc) is 2.33. The minimum Gasteiger partial charge on any atom is -0.397 e. The molecule has 0 atom stereocenters. The third-order valence-electron chi connectivity index (χ3n) is 3.31. The fraction of sp³-hybridized carbons (Fsp3) is 0.462. The summed E-state index contributed by atoms with van der Waals surface area (Å²) in [5.74, 6) is 0.164. The van der Waals surface area contributed by atoms with Crippen LogP contribution in [-0.2, 0) is 4.79 Å². The fourth-order valence-electron chi connectivity index (χ4n) is 2.22. The summed E-state index contributed by atoms with van der Waals surface area (Å²) in [5, 5.41) is 3.45. The van der Waals surface area contributed by atoms with Crippen LogP contribution in [0.25, 0.3) is 0 Å². The second-order valence-corrected chi connectivity index (χ2v) is 5.57. The number of piperidine rings is 1.